The van der Waals surface area contributed by atoms with E-state index in [0.29, 0.717) is 24.0 Å². The van der Waals surface area contributed by atoms with Crippen molar-refractivity contribution in [2.75, 3.05) is 13.2 Å². The highest BCUT2D eigenvalue weighted by atomic mass is 16.5. The Morgan fingerprint density at radius 1 is 1.31 bits per heavy atom. The van der Waals surface area contributed by atoms with Crippen molar-refractivity contribution in [3.63, 3.8) is 0 Å². The van der Waals surface area contributed by atoms with Crippen LogP contribution in [0.3, 0.4) is 0 Å². The molecular formula is C10H11N3O3. The first-order chi connectivity index (χ1) is 7.83. The molecule has 0 amide bonds. The van der Waals surface area contributed by atoms with Crippen molar-refractivity contribution in [1.82, 2.24) is 15.3 Å². The van der Waals surface area contributed by atoms with Crippen molar-refractivity contribution < 1.29 is 13.8 Å². The third-order valence-electron chi connectivity index (χ3n) is 2.58. The molecule has 1 saturated heterocycles. The van der Waals surface area contributed by atoms with Gasteiger partial charge in [0.1, 0.15) is 5.76 Å². The molecule has 0 aliphatic carbocycles. The molecule has 0 spiro atoms. The molecule has 2 aromatic heterocycles. The first-order valence-electron chi connectivity index (χ1n) is 5.18. The highest BCUT2D eigenvalue weighted by molar-refractivity contribution is 5.45. The van der Waals surface area contributed by atoms with Crippen molar-refractivity contribution >= 4 is 0 Å². The highest BCUT2D eigenvalue weighted by Crippen LogP contribution is 2.25. The van der Waals surface area contributed by atoms with Gasteiger partial charge in [0, 0.05) is 18.6 Å². The normalized spacial score (nSPS) is 20.4. The van der Waals surface area contributed by atoms with E-state index in [1.54, 1.807) is 6.07 Å². The van der Waals surface area contributed by atoms with Crippen LogP contribution >= 0.6 is 0 Å². The summed E-state index contributed by atoms with van der Waals surface area (Å²) in [5.74, 6) is 2.05. The van der Waals surface area contributed by atoms with Gasteiger partial charge >= 0.3 is 0 Å². The van der Waals surface area contributed by atoms with E-state index in [0.717, 1.165) is 18.8 Å². The van der Waals surface area contributed by atoms with Crippen LogP contribution in [-0.4, -0.2) is 28.5 Å². The molecule has 3 heterocycles. The van der Waals surface area contributed by atoms with Crippen LogP contribution < -0.4 is 0 Å². The van der Waals surface area contributed by atoms with Crippen LogP contribution in [0.2, 0.25) is 0 Å². The molecule has 1 unspecified atom stereocenters. The zero-order valence-electron chi connectivity index (χ0n) is 8.84. The van der Waals surface area contributed by atoms with Crippen molar-refractivity contribution in [3.8, 4) is 11.6 Å². The Morgan fingerprint density at radius 3 is 2.94 bits per heavy atom. The molecule has 16 heavy (non-hydrogen) atoms. The highest BCUT2D eigenvalue weighted by Gasteiger charge is 2.24. The van der Waals surface area contributed by atoms with Crippen LogP contribution in [-0.2, 0) is 4.74 Å². The van der Waals surface area contributed by atoms with Gasteiger partial charge in [0.25, 0.3) is 5.89 Å². The zero-order valence-corrected chi connectivity index (χ0v) is 8.84. The number of aromatic nitrogens is 3. The fourth-order valence-corrected chi connectivity index (χ4v) is 1.71. The molecule has 1 fully saturated rings. The molecule has 6 nitrogen and oxygen atoms in total. The topological polar surface area (TPSA) is 74.2 Å². The van der Waals surface area contributed by atoms with Gasteiger partial charge < -0.3 is 13.8 Å². The largest absolute Gasteiger partial charge is 0.381 e. The predicted molar refractivity (Wildman–Crippen MR) is 52.7 cm³/mol. The van der Waals surface area contributed by atoms with Gasteiger partial charge in [-0.15, -0.1) is 0 Å². The second-order valence-corrected chi connectivity index (χ2v) is 3.84. The molecule has 3 rings (SSSR count). The van der Waals surface area contributed by atoms with E-state index in [1.807, 2.05) is 6.92 Å². The molecular weight excluding hydrogens is 210 g/mol. The second-order valence-electron chi connectivity index (χ2n) is 3.84. The average molecular weight is 221 g/mol. The minimum atomic E-state index is 0.241. The van der Waals surface area contributed by atoms with Crippen LogP contribution in [0.15, 0.2) is 15.1 Å². The third-order valence-corrected chi connectivity index (χ3v) is 2.58. The SMILES string of the molecule is Cc1cc(-c2nc(C3CCOC3)no2)no1. The summed E-state index contributed by atoms with van der Waals surface area (Å²) in [6.45, 7) is 3.24. The molecule has 6 heteroatoms. The van der Waals surface area contributed by atoms with Crippen molar-refractivity contribution in [2.24, 2.45) is 0 Å². The molecule has 1 aliphatic rings. The van der Waals surface area contributed by atoms with Gasteiger partial charge in [0.2, 0.25) is 0 Å². The lowest BCUT2D eigenvalue weighted by molar-refractivity contribution is 0.192. The lowest BCUT2D eigenvalue weighted by atomic mass is 10.1. The van der Waals surface area contributed by atoms with E-state index in [-0.39, 0.29) is 5.92 Å². The molecule has 1 atom stereocenters. The Morgan fingerprint density at radius 2 is 2.25 bits per heavy atom. The van der Waals surface area contributed by atoms with Crippen LogP contribution in [0.5, 0.6) is 0 Å². The van der Waals surface area contributed by atoms with Crippen molar-refractivity contribution in [1.29, 1.82) is 0 Å². The fourth-order valence-electron chi connectivity index (χ4n) is 1.71. The van der Waals surface area contributed by atoms with Crippen LogP contribution in [0, 0.1) is 6.92 Å². The third kappa shape index (κ3) is 1.61. The zero-order chi connectivity index (χ0) is 11.0. The Hall–Kier alpha value is -1.69. The maximum atomic E-state index is 5.27. The van der Waals surface area contributed by atoms with E-state index in [4.69, 9.17) is 13.8 Å². The molecule has 0 bridgehead atoms. The molecule has 2 aromatic rings. The summed E-state index contributed by atoms with van der Waals surface area (Å²) in [4.78, 5) is 4.30. The Labute approximate surface area is 91.6 Å². The lowest BCUT2D eigenvalue weighted by Gasteiger charge is -1.97. The molecule has 0 radical (unpaired) electrons. The van der Waals surface area contributed by atoms with Crippen molar-refractivity contribution in [2.45, 2.75) is 19.3 Å². The van der Waals surface area contributed by atoms with Gasteiger partial charge in [0.15, 0.2) is 11.5 Å². The number of rotatable bonds is 2. The van der Waals surface area contributed by atoms with Crippen molar-refractivity contribution in [3.05, 3.63) is 17.7 Å². The molecule has 84 valence electrons. The quantitative estimate of drug-likeness (QED) is 0.765. The number of ether oxygens (including phenoxy) is 1. The minimum absolute atomic E-state index is 0.241. The lowest BCUT2D eigenvalue weighted by Crippen LogP contribution is -1.99. The summed E-state index contributed by atoms with van der Waals surface area (Å²) in [6.07, 6.45) is 0.941. The van der Waals surface area contributed by atoms with Gasteiger partial charge in [-0.2, -0.15) is 4.98 Å². The molecule has 1 aliphatic heterocycles. The number of hydrogen-bond donors (Lipinski definition) is 0. The summed E-state index contributed by atoms with van der Waals surface area (Å²) in [6, 6.07) is 1.77. The van der Waals surface area contributed by atoms with Crippen LogP contribution in [0.4, 0.5) is 0 Å². The smallest absolute Gasteiger partial charge is 0.280 e. The Kier molecular flexibility index (Phi) is 2.21. The van der Waals surface area contributed by atoms with E-state index >= 15 is 0 Å². The summed E-state index contributed by atoms with van der Waals surface area (Å²) in [7, 11) is 0. The van der Waals surface area contributed by atoms with Gasteiger partial charge in [0.05, 0.1) is 6.61 Å². The Balaban J connectivity index is 1.87. The average Bonchev–Trinajstić information content (AvgIpc) is 2.97. The summed E-state index contributed by atoms with van der Waals surface area (Å²) in [5.41, 5.74) is 0.579. The van der Waals surface area contributed by atoms with Gasteiger partial charge in [-0.25, -0.2) is 0 Å². The molecule has 0 saturated carbocycles. The van der Waals surface area contributed by atoms with Gasteiger partial charge in [-0.3, -0.25) is 0 Å². The van der Waals surface area contributed by atoms with E-state index in [1.165, 1.54) is 0 Å². The predicted octanol–water partition coefficient (Wildman–Crippen LogP) is 1.54. The van der Waals surface area contributed by atoms with Gasteiger partial charge in [-0.05, 0) is 13.3 Å². The monoisotopic (exact) mass is 221 g/mol. The second kappa shape index (κ2) is 3.71. The molecule has 0 N–H and O–H groups in total. The number of aryl methyl sites for hydroxylation is 1. The van der Waals surface area contributed by atoms with Crippen LogP contribution in [0.25, 0.3) is 11.6 Å². The fraction of sp³-hybridized carbons (Fsp3) is 0.500. The number of nitrogens with zero attached hydrogens (tertiary/aromatic N) is 3. The first-order valence-corrected chi connectivity index (χ1v) is 5.18. The minimum Gasteiger partial charge on any atom is -0.381 e. The number of hydrogen-bond acceptors (Lipinski definition) is 6. The van der Waals surface area contributed by atoms with Crippen LogP contribution in [0.1, 0.15) is 23.9 Å². The van der Waals surface area contributed by atoms with E-state index < -0.39 is 0 Å². The summed E-state index contributed by atoms with van der Waals surface area (Å²) in [5, 5.41) is 7.76. The van der Waals surface area contributed by atoms with Gasteiger partial charge in [-0.1, -0.05) is 10.3 Å². The maximum absolute atomic E-state index is 5.27. The standard InChI is InChI=1S/C10H11N3O3/c1-6-4-8(12-15-6)10-11-9(13-16-10)7-2-3-14-5-7/h4,7H,2-3,5H2,1H3. The maximum Gasteiger partial charge on any atom is 0.280 e. The summed E-state index contributed by atoms with van der Waals surface area (Å²) < 4.78 is 15.4. The van der Waals surface area contributed by atoms with E-state index in [2.05, 4.69) is 15.3 Å². The Bertz CT molecular complexity index is 485. The molecule has 0 aromatic carbocycles. The van der Waals surface area contributed by atoms with E-state index in [9.17, 15) is 0 Å². The summed E-state index contributed by atoms with van der Waals surface area (Å²) >= 11 is 0. The first kappa shape index (κ1) is 9.53.